The van der Waals surface area contributed by atoms with Crippen molar-refractivity contribution in [2.24, 2.45) is 11.8 Å². The van der Waals surface area contributed by atoms with Gasteiger partial charge in [0.15, 0.2) is 0 Å². The normalized spacial score (nSPS) is 17.0. The highest BCUT2D eigenvalue weighted by Gasteiger charge is 2.22. The van der Waals surface area contributed by atoms with Crippen LogP contribution in [0.5, 0.6) is 0 Å². The van der Waals surface area contributed by atoms with E-state index in [2.05, 4.69) is 81.6 Å². The van der Waals surface area contributed by atoms with Crippen LogP contribution in [-0.4, -0.2) is 36.9 Å². The second-order valence-electron chi connectivity index (χ2n) is 13.2. The van der Waals surface area contributed by atoms with Crippen molar-refractivity contribution in [3.8, 4) is 11.1 Å². The first-order valence-electron chi connectivity index (χ1n) is 17.2. The van der Waals surface area contributed by atoms with E-state index in [4.69, 9.17) is 9.47 Å². The van der Waals surface area contributed by atoms with Crippen LogP contribution in [0.25, 0.3) is 21.9 Å². The van der Waals surface area contributed by atoms with E-state index in [9.17, 15) is 14.7 Å². The predicted octanol–water partition coefficient (Wildman–Crippen LogP) is 9.29. The summed E-state index contributed by atoms with van der Waals surface area (Å²) in [5.41, 5.74) is 6.54. The first-order valence-corrected chi connectivity index (χ1v) is 17.2. The van der Waals surface area contributed by atoms with Crippen molar-refractivity contribution >= 4 is 22.7 Å². The van der Waals surface area contributed by atoms with E-state index in [-0.39, 0.29) is 24.7 Å². The number of hydrogen-bond acceptors (Lipinski definition) is 5. The van der Waals surface area contributed by atoms with Crippen molar-refractivity contribution in [1.82, 2.24) is 0 Å². The van der Waals surface area contributed by atoms with Crippen LogP contribution in [-0.2, 0) is 31.9 Å². The van der Waals surface area contributed by atoms with E-state index in [1.807, 2.05) is 0 Å². The minimum absolute atomic E-state index is 0.0117. The summed E-state index contributed by atoms with van der Waals surface area (Å²) in [5.74, 6) is 0.206. The number of hydrogen-bond donors (Lipinski definition) is 1. The van der Waals surface area contributed by atoms with Gasteiger partial charge in [0.2, 0.25) is 0 Å². The molecular formula is C41H52O5. The van der Waals surface area contributed by atoms with E-state index in [0.29, 0.717) is 17.9 Å². The van der Waals surface area contributed by atoms with Gasteiger partial charge in [-0.05, 0) is 102 Å². The SMILES string of the molecule is C=C(C)C(=O)OCC(COC(=O)C(=C)CO)Cc1cc(CC)c2cc(-c3ccc(C4CCC(CCCCC)CC4)cc3)ccc2c1. The van der Waals surface area contributed by atoms with Crippen molar-refractivity contribution < 1.29 is 24.2 Å². The molecule has 1 aliphatic rings. The molecule has 5 nitrogen and oxygen atoms in total. The maximum atomic E-state index is 12.1. The van der Waals surface area contributed by atoms with E-state index in [1.165, 1.54) is 79.0 Å². The Balaban J connectivity index is 1.47. The molecule has 0 bridgehead atoms. The standard InChI is InChI=1S/C41H52O5/c1-6-8-9-10-30-11-13-34(14-12-30)35-15-17-36(18-16-35)37-19-20-38-23-31(22-33(7-2)39(38)24-37)21-32(26-45-40(43)28(3)4)27-46-41(44)29(5)25-42/h15-20,22-24,30,32,34,42H,3,5-14,21,25-27H2,1-2,4H3. The van der Waals surface area contributed by atoms with Crippen LogP contribution in [0, 0.1) is 11.8 Å². The number of carbonyl (C=O) groups excluding carboxylic acids is 2. The molecule has 1 atom stereocenters. The van der Waals surface area contributed by atoms with Crippen LogP contribution in [0.4, 0.5) is 0 Å². The molecule has 1 unspecified atom stereocenters. The molecule has 246 valence electrons. The molecule has 0 aromatic heterocycles. The minimum atomic E-state index is -0.655. The van der Waals surface area contributed by atoms with Gasteiger partial charge in [-0.1, -0.05) is 101 Å². The molecule has 5 heteroatoms. The Labute approximate surface area is 275 Å². The number of aliphatic hydroxyl groups is 1. The monoisotopic (exact) mass is 624 g/mol. The molecule has 0 spiro atoms. The zero-order valence-electron chi connectivity index (χ0n) is 28.1. The lowest BCUT2D eigenvalue weighted by molar-refractivity contribution is -0.144. The average Bonchev–Trinajstić information content (AvgIpc) is 3.08. The summed E-state index contributed by atoms with van der Waals surface area (Å²) < 4.78 is 10.8. The van der Waals surface area contributed by atoms with Gasteiger partial charge < -0.3 is 14.6 Å². The smallest absolute Gasteiger partial charge is 0.335 e. The van der Waals surface area contributed by atoms with Gasteiger partial charge in [-0.3, -0.25) is 0 Å². The van der Waals surface area contributed by atoms with Gasteiger partial charge in [-0.25, -0.2) is 9.59 Å². The minimum Gasteiger partial charge on any atom is -0.462 e. The number of fused-ring (bicyclic) bond motifs is 1. The predicted molar refractivity (Wildman–Crippen MR) is 188 cm³/mol. The second kappa shape index (κ2) is 17.3. The fourth-order valence-electron chi connectivity index (χ4n) is 6.68. The molecule has 3 aromatic carbocycles. The molecule has 0 amide bonds. The molecule has 1 fully saturated rings. The number of aryl methyl sites for hydroxylation is 1. The molecule has 0 saturated heterocycles. The second-order valence-corrected chi connectivity index (χ2v) is 13.2. The van der Waals surface area contributed by atoms with Gasteiger partial charge in [0, 0.05) is 11.5 Å². The largest absolute Gasteiger partial charge is 0.462 e. The molecule has 3 aromatic rings. The van der Waals surface area contributed by atoms with Crippen LogP contribution in [0.15, 0.2) is 78.9 Å². The summed E-state index contributed by atoms with van der Waals surface area (Å²) in [5, 5.41) is 11.6. The summed E-state index contributed by atoms with van der Waals surface area (Å²) in [6.07, 6.45) is 12.3. The third-order valence-corrected chi connectivity index (χ3v) is 9.51. The fourth-order valence-corrected chi connectivity index (χ4v) is 6.68. The van der Waals surface area contributed by atoms with Crippen molar-refractivity contribution in [2.45, 2.75) is 90.9 Å². The van der Waals surface area contributed by atoms with Crippen LogP contribution in [0.2, 0.25) is 0 Å². The van der Waals surface area contributed by atoms with E-state index < -0.39 is 18.5 Å². The van der Waals surface area contributed by atoms with Crippen molar-refractivity contribution in [2.75, 3.05) is 19.8 Å². The zero-order valence-corrected chi connectivity index (χ0v) is 28.1. The Kier molecular flexibility index (Phi) is 13.2. The summed E-state index contributed by atoms with van der Waals surface area (Å²) in [6.45, 7) is 12.9. The summed E-state index contributed by atoms with van der Waals surface area (Å²) in [6, 6.07) is 20.3. The number of unbranched alkanes of at least 4 members (excludes halogenated alkanes) is 2. The van der Waals surface area contributed by atoms with E-state index in [0.717, 1.165) is 23.3 Å². The molecule has 46 heavy (non-hydrogen) atoms. The Hall–Kier alpha value is -3.70. The molecule has 1 N–H and O–H groups in total. The summed E-state index contributed by atoms with van der Waals surface area (Å²) >= 11 is 0. The Bertz CT molecular complexity index is 1490. The molecule has 0 radical (unpaired) electrons. The molecular weight excluding hydrogens is 572 g/mol. The highest BCUT2D eigenvalue weighted by Crippen LogP contribution is 2.38. The highest BCUT2D eigenvalue weighted by molar-refractivity contribution is 5.91. The lowest BCUT2D eigenvalue weighted by Gasteiger charge is -2.29. The maximum absolute atomic E-state index is 12.1. The third kappa shape index (κ3) is 9.65. The lowest BCUT2D eigenvalue weighted by Crippen LogP contribution is -2.24. The Morgan fingerprint density at radius 2 is 1.54 bits per heavy atom. The zero-order chi connectivity index (χ0) is 33.1. The van der Waals surface area contributed by atoms with Crippen molar-refractivity contribution in [3.63, 3.8) is 0 Å². The van der Waals surface area contributed by atoms with Gasteiger partial charge >= 0.3 is 11.9 Å². The van der Waals surface area contributed by atoms with Gasteiger partial charge in [-0.15, -0.1) is 0 Å². The first-order chi connectivity index (χ1) is 22.2. The first kappa shape index (κ1) is 35.2. The number of aliphatic hydroxyl groups excluding tert-OH is 1. The number of carbonyl (C=O) groups is 2. The molecule has 1 saturated carbocycles. The topological polar surface area (TPSA) is 72.8 Å². The van der Waals surface area contributed by atoms with Crippen LogP contribution >= 0.6 is 0 Å². The number of rotatable bonds is 16. The van der Waals surface area contributed by atoms with Gasteiger partial charge in [0.05, 0.1) is 25.4 Å². The van der Waals surface area contributed by atoms with Gasteiger partial charge in [0.25, 0.3) is 0 Å². The van der Waals surface area contributed by atoms with Crippen LogP contribution in [0.3, 0.4) is 0 Å². The fraction of sp³-hybridized carbons (Fsp3) is 0.463. The van der Waals surface area contributed by atoms with E-state index >= 15 is 0 Å². The van der Waals surface area contributed by atoms with Crippen molar-refractivity contribution in [1.29, 1.82) is 0 Å². The quantitative estimate of drug-likeness (QED) is 0.0977. The maximum Gasteiger partial charge on any atom is 0.335 e. The van der Waals surface area contributed by atoms with E-state index in [1.54, 1.807) is 6.92 Å². The van der Waals surface area contributed by atoms with Gasteiger partial charge in [-0.2, -0.15) is 0 Å². The lowest BCUT2D eigenvalue weighted by atomic mass is 9.77. The third-order valence-electron chi connectivity index (χ3n) is 9.51. The molecule has 1 aliphatic carbocycles. The number of ether oxygens (including phenoxy) is 2. The van der Waals surface area contributed by atoms with Crippen LogP contribution < -0.4 is 0 Å². The van der Waals surface area contributed by atoms with Crippen LogP contribution in [0.1, 0.15) is 94.7 Å². The summed E-state index contributed by atoms with van der Waals surface area (Å²) in [7, 11) is 0. The highest BCUT2D eigenvalue weighted by atomic mass is 16.5. The summed E-state index contributed by atoms with van der Waals surface area (Å²) in [4.78, 5) is 24.2. The Morgan fingerprint density at radius 3 is 2.17 bits per heavy atom. The molecule has 0 heterocycles. The Morgan fingerprint density at radius 1 is 0.870 bits per heavy atom. The van der Waals surface area contributed by atoms with Gasteiger partial charge in [0.1, 0.15) is 0 Å². The molecule has 0 aliphatic heterocycles. The number of benzene rings is 3. The number of esters is 2. The van der Waals surface area contributed by atoms with Crippen molar-refractivity contribution in [3.05, 3.63) is 95.6 Å². The molecule has 4 rings (SSSR count). The average molecular weight is 625 g/mol.